The molecule has 1 amide bonds. The summed E-state index contributed by atoms with van der Waals surface area (Å²) in [5, 5.41) is 0. The van der Waals surface area contributed by atoms with E-state index in [1.165, 1.54) is 6.20 Å². The molecule has 0 spiro atoms. The van der Waals surface area contributed by atoms with Crippen LogP contribution in [0.5, 0.6) is 23.1 Å². The smallest absolute Gasteiger partial charge is 0.260 e. The molecule has 3 aromatic rings. The Kier molecular flexibility index (Phi) is 6.29. The standard InChI is InChI=1S/C22H23N3O4/c1-5-25(2)22(26)19-14-23-20(15-6-8-16(27-3)9-7-15)24-21(19)29-18-12-10-17(28-4)11-13-18/h6-14H,5H2,1-4H3. The Hall–Kier alpha value is -3.61. The topological polar surface area (TPSA) is 73.8 Å². The molecule has 0 fully saturated rings. The van der Waals surface area contributed by atoms with Gasteiger partial charge in [0.15, 0.2) is 5.82 Å². The molecule has 0 aliphatic carbocycles. The maximum Gasteiger partial charge on any atom is 0.260 e. The van der Waals surface area contributed by atoms with Crippen molar-refractivity contribution in [2.75, 3.05) is 27.8 Å². The van der Waals surface area contributed by atoms with E-state index in [9.17, 15) is 4.79 Å². The van der Waals surface area contributed by atoms with Gasteiger partial charge in [-0.1, -0.05) is 0 Å². The molecule has 150 valence electrons. The van der Waals surface area contributed by atoms with E-state index in [0.29, 0.717) is 29.4 Å². The first-order valence-electron chi connectivity index (χ1n) is 9.14. The number of amides is 1. The third-order valence-corrected chi connectivity index (χ3v) is 4.43. The Balaban J connectivity index is 2.00. The summed E-state index contributed by atoms with van der Waals surface area (Å²) in [6, 6.07) is 14.4. The van der Waals surface area contributed by atoms with Crippen LogP contribution in [-0.4, -0.2) is 48.6 Å². The zero-order chi connectivity index (χ0) is 20.8. The van der Waals surface area contributed by atoms with Crippen LogP contribution in [-0.2, 0) is 0 Å². The molecule has 0 radical (unpaired) electrons. The highest BCUT2D eigenvalue weighted by Crippen LogP contribution is 2.28. The molecule has 0 bridgehead atoms. The zero-order valence-electron chi connectivity index (χ0n) is 16.9. The van der Waals surface area contributed by atoms with Gasteiger partial charge in [0.25, 0.3) is 5.91 Å². The Morgan fingerprint density at radius 1 is 0.931 bits per heavy atom. The highest BCUT2D eigenvalue weighted by atomic mass is 16.5. The van der Waals surface area contributed by atoms with E-state index in [2.05, 4.69) is 9.97 Å². The molecule has 1 aromatic heterocycles. The van der Waals surface area contributed by atoms with Gasteiger partial charge in [-0.3, -0.25) is 4.79 Å². The van der Waals surface area contributed by atoms with Crippen LogP contribution in [0.1, 0.15) is 17.3 Å². The molecule has 0 saturated heterocycles. The second kappa shape index (κ2) is 9.05. The summed E-state index contributed by atoms with van der Waals surface area (Å²) in [6.07, 6.45) is 1.50. The molecule has 0 N–H and O–H groups in total. The molecule has 3 rings (SSSR count). The summed E-state index contributed by atoms with van der Waals surface area (Å²) in [4.78, 5) is 23.2. The molecular formula is C22H23N3O4. The van der Waals surface area contributed by atoms with E-state index in [1.807, 2.05) is 31.2 Å². The zero-order valence-corrected chi connectivity index (χ0v) is 16.9. The number of rotatable bonds is 7. The maximum atomic E-state index is 12.7. The van der Waals surface area contributed by atoms with E-state index in [0.717, 1.165) is 11.3 Å². The average Bonchev–Trinajstić information content (AvgIpc) is 2.78. The van der Waals surface area contributed by atoms with Gasteiger partial charge < -0.3 is 19.1 Å². The first-order valence-corrected chi connectivity index (χ1v) is 9.14. The lowest BCUT2D eigenvalue weighted by atomic mass is 10.2. The number of ether oxygens (including phenoxy) is 3. The highest BCUT2D eigenvalue weighted by molar-refractivity contribution is 5.96. The number of carbonyl (C=O) groups is 1. The number of nitrogens with zero attached hydrogens (tertiary/aromatic N) is 3. The Bertz CT molecular complexity index is 972. The van der Waals surface area contributed by atoms with Gasteiger partial charge in [0.2, 0.25) is 5.88 Å². The van der Waals surface area contributed by atoms with Crippen molar-refractivity contribution in [1.29, 1.82) is 0 Å². The van der Waals surface area contributed by atoms with Crippen LogP contribution < -0.4 is 14.2 Å². The van der Waals surface area contributed by atoms with E-state index >= 15 is 0 Å². The van der Waals surface area contributed by atoms with Crippen LogP contribution in [0.2, 0.25) is 0 Å². The summed E-state index contributed by atoms with van der Waals surface area (Å²) in [6.45, 7) is 2.45. The number of benzene rings is 2. The summed E-state index contributed by atoms with van der Waals surface area (Å²) in [7, 11) is 4.92. The van der Waals surface area contributed by atoms with Crippen LogP contribution in [0.25, 0.3) is 11.4 Å². The van der Waals surface area contributed by atoms with Gasteiger partial charge in [-0.15, -0.1) is 0 Å². The van der Waals surface area contributed by atoms with Crippen molar-refractivity contribution in [3.05, 3.63) is 60.3 Å². The third kappa shape index (κ3) is 4.63. The molecular weight excluding hydrogens is 370 g/mol. The van der Waals surface area contributed by atoms with E-state index < -0.39 is 0 Å². The lowest BCUT2D eigenvalue weighted by Gasteiger charge is -2.17. The fourth-order valence-electron chi connectivity index (χ4n) is 2.57. The lowest BCUT2D eigenvalue weighted by molar-refractivity contribution is 0.0798. The molecule has 7 heteroatoms. The molecule has 0 unspecified atom stereocenters. The van der Waals surface area contributed by atoms with Crippen molar-refractivity contribution in [3.8, 4) is 34.5 Å². The molecule has 1 heterocycles. The lowest BCUT2D eigenvalue weighted by Crippen LogP contribution is -2.27. The summed E-state index contributed by atoms with van der Waals surface area (Å²) in [5.74, 6) is 2.42. The largest absolute Gasteiger partial charge is 0.497 e. The SMILES string of the molecule is CCN(C)C(=O)c1cnc(-c2ccc(OC)cc2)nc1Oc1ccc(OC)cc1. The molecule has 7 nitrogen and oxygen atoms in total. The van der Waals surface area contributed by atoms with Crippen molar-refractivity contribution >= 4 is 5.91 Å². The molecule has 0 saturated carbocycles. The fourth-order valence-corrected chi connectivity index (χ4v) is 2.57. The first-order chi connectivity index (χ1) is 14.0. The monoisotopic (exact) mass is 393 g/mol. The third-order valence-electron chi connectivity index (χ3n) is 4.43. The summed E-state index contributed by atoms with van der Waals surface area (Å²) >= 11 is 0. The van der Waals surface area contributed by atoms with Crippen molar-refractivity contribution in [1.82, 2.24) is 14.9 Å². The quantitative estimate of drug-likeness (QED) is 0.603. The predicted octanol–water partition coefficient (Wildman–Crippen LogP) is 4.05. The Morgan fingerprint density at radius 3 is 2.03 bits per heavy atom. The average molecular weight is 393 g/mol. The van der Waals surface area contributed by atoms with Gasteiger partial charge in [-0.05, 0) is 55.5 Å². The molecule has 0 aliphatic heterocycles. The van der Waals surface area contributed by atoms with Gasteiger partial charge in [0.1, 0.15) is 22.8 Å². The van der Waals surface area contributed by atoms with Crippen LogP contribution in [0.3, 0.4) is 0 Å². The number of hydrogen-bond donors (Lipinski definition) is 0. The minimum absolute atomic E-state index is 0.196. The molecule has 0 atom stereocenters. The van der Waals surface area contributed by atoms with Crippen molar-refractivity contribution in [2.45, 2.75) is 6.92 Å². The van der Waals surface area contributed by atoms with Gasteiger partial charge in [0.05, 0.1) is 14.2 Å². The van der Waals surface area contributed by atoms with Crippen molar-refractivity contribution < 1.29 is 19.0 Å². The van der Waals surface area contributed by atoms with Gasteiger partial charge in [-0.25, -0.2) is 4.98 Å². The normalized spacial score (nSPS) is 10.3. The van der Waals surface area contributed by atoms with Gasteiger partial charge in [0, 0.05) is 25.4 Å². The Morgan fingerprint density at radius 2 is 1.48 bits per heavy atom. The highest BCUT2D eigenvalue weighted by Gasteiger charge is 2.20. The van der Waals surface area contributed by atoms with Crippen LogP contribution in [0.4, 0.5) is 0 Å². The van der Waals surface area contributed by atoms with E-state index in [-0.39, 0.29) is 11.8 Å². The van der Waals surface area contributed by atoms with Crippen LogP contribution in [0, 0.1) is 0 Å². The fraction of sp³-hybridized carbons (Fsp3) is 0.227. The summed E-state index contributed by atoms with van der Waals surface area (Å²) < 4.78 is 16.3. The van der Waals surface area contributed by atoms with Crippen LogP contribution in [0.15, 0.2) is 54.7 Å². The predicted molar refractivity (Wildman–Crippen MR) is 110 cm³/mol. The van der Waals surface area contributed by atoms with Crippen LogP contribution >= 0.6 is 0 Å². The summed E-state index contributed by atoms with van der Waals surface area (Å²) in [5.41, 5.74) is 1.08. The first kappa shape index (κ1) is 20.1. The molecule has 29 heavy (non-hydrogen) atoms. The number of carbonyl (C=O) groups excluding carboxylic acids is 1. The molecule has 0 aliphatic rings. The second-order valence-corrected chi connectivity index (χ2v) is 6.24. The van der Waals surface area contributed by atoms with Gasteiger partial charge >= 0.3 is 0 Å². The maximum absolute atomic E-state index is 12.7. The number of aromatic nitrogens is 2. The van der Waals surface area contributed by atoms with Crippen molar-refractivity contribution in [2.24, 2.45) is 0 Å². The molecule has 2 aromatic carbocycles. The van der Waals surface area contributed by atoms with Gasteiger partial charge in [-0.2, -0.15) is 4.98 Å². The Labute approximate surface area is 169 Å². The second-order valence-electron chi connectivity index (χ2n) is 6.24. The minimum Gasteiger partial charge on any atom is -0.497 e. The van der Waals surface area contributed by atoms with E-state index in [1.54, 1.807) is 50.4 Å². The number of hydrogen-bond acceptors (Lipinski definition) is 6. The number of methoxy groups -OCH3 is 2. The van der Waals surface area contributed by atoms with Crippen molar-refractivity contribution in [3.63, 3.8) is 0 Å². The minimum atomic E-state index is -0.211. The van der Waals surface area contributed by atoms with E-state index in [4.69, 9.17) is 14.2 Å².